The van der Waals surface area contributed by atoms with E-state index in [1.54, 1.807) is 6.92 Å². The molecule has 11 heteroatoms. The minimum atomic E-state index is -3.71. The van der Waals surface area contributed by atoms with E-state index >= 15 is 0 Å². The molecule has 0 spiro atoms. The van der Waals surface area contributed by atoms with Gasteiger partial charge in [0, 0.05) is 13.1 Å². The summed E-state index contributed by atoms with van der Waals surface area (Å²) >= 11 is 7.29. The summed E-state index contributed by atoms with van der Waals surface area (Å²) in [5, 5.41) is 11.4. The minimum absolute atomic E-state index is 0.0115. The highest BCUT2D eigenvalue weighted by Gasteiger charge is 2.27. The number of halogens is 1. The molecule has 0 unspecified atom stereocenters. The number of rotatable bonds is 4. The molecule has 1 aliphatic heterocycles. The van der Waals surface area contributed by atoms with E-state index in [0.717, 1.165) is 0 Å². The standard InChI is InChI=1S/C14H15ClN4O4S2/c1-9-17-18-14(24-9)16-13(20)11-8-10(2-3-12(11)15)25(21,22)19-4-6-23-7-5-19/h2-3,8H,4-7H2,1H3,(H,16,18,20). The lowest BCUT2D eigenvalue weighted by Crippen LogP contribution is -2.40. The van der Waals surface area contributed by atoms with Gasteiger partial charge in [-0.1, -0.05) is 22.9 Å². The summed E-state index contributed by atoms with van der Waals surface area (Å²) in [4.78, 5) is 12.4. The predicted molar refractivity (Wildman–Crippen MR) is 93.6 cm³/mol. The molecule has 1 aromatic heterocycles. The molecule has 1 aliphatic rings. The van der Waals surface area contributed by atoms with Gasteiger partial charge in [0.15, 0.2) is 0 Å². The molecule has 0 atom stereocenters. The van der Waals surface area contributed by atoms with Crippen LogP contribution in [-0.4, -0.2) is 55.1 Å². The van der Waals surface area contributed by atoms with E-state index in [1.165, 1.54) is 33.8 Å². The van der Waals surface area contributed by atoms with Crippen LogP contribution in [0.1, 0.15) is 15.4 Å². The Hall–Kier alpha value is -1.59. The number of amides is 1. The molecule has 134 valence electrons. The summed E-state index contributed by atoms with van der Waals surface area (Å²) in [5.74, 6) is -0.542. The van der Waals surface area contributed by atoms with Gasteiger partial charge in [-0.25, -0.2) is 8.42 Å². The molecule has 1 amide bonds. The number of nitrogens with one attached hydrogen (secondary N) is 1. The maximum absolute atomic E-state index is 12.7. The molecule has 0 bridgehead atoms. The Morgan fingerprint density at radius 3 is 2.68 bits per heavy atom. The Balaban J connectivity index is 1.88. The SMILES string of the molecule is Cc1nnc(NC(=O)c2cc(S(=O)(=O)N3CCOCC3)ccc2Cl)s1. The molecule has 1 N–H and O–H groups in total. The van der Waals surface area contributed by atoms with E-state index in [0.29, 0.717) is 23.4 Å². The number of aryl methyl sites for hydroxylation is 1. The molecule has 0 aliphatic carbocycles. The number of benzene rings is 1. The van der Waals surface area contributed by atoms with E-state index in [4.69, 9.17) is 16.3 Å². The Morgan fingerprint density at radius 1 is 1.32 bits per heavy atom. The molecule has 8 nitrogen and oxygen atoms in total. The van der Waals surface area contributed by atoms with Crippen LogP contribution in [0.4, 0.5) is 5.13 Å². The molecular formula is C14H15ClN4O4S2. The van der Waals surface area contributed by atoms with Gasteiger partial charge in [0.2, 0.25) is 15.2 Å². The van der Waals surface area contributed by atoms with Gasteiger partial charge in [0.05, 0.1) is 28.7 Å². The van der Waals surface area contributed by atoms with E-state index in [2.05, 4.69) is 15.5 Å². The lowest BCUT2D eigenvalue weighted by molar-refractivity contribution is 0.0730. The molecule has 3 rings (SSSR count). The quantitative estimate of drug-likeness (QED) is 0.836. The first kappa shape index (κ1) is 18.2. The minimum Gasteiger partial charge on any atom is -0.379 e. The van der Waals surface area contributed by atoms with Gasteiger partial charge in [-0.05, 0) is 25.1 Å². The number of anilines is 1. The topological polar surface area (TPSA) is 101 Å². The molecular weight excluding hydrogens is 388 g/mol. The van der Waals surface area contributed by atoms with Crippen molar-refractivity contribution in [1.82, 2.24) is 14.5 Å². The van der Waals surface area contributed by atoms with Crippen LogP contribution in [0.2, 0.25) is 5.02 Å². The van der Waals surface area contributed by atoms with Crippen molar-refractivity contribution < 1.29 is 17.9 Å². The molecule has 1 saturated heterocycles. The number of hydrogen-bond acceptors (Lipinski definition) is 7. The summed E-state index contributed by atoms with van der Waals surface area (Å²) in [6.07, 6.45) is 0. The summed E-state index contributed by atoms with van der Waals surface area (Å²) in [6, 6.07) is 4.06. The zero-order valence-electron chi connectivity index (χ0n) is 13.2. The number of ether oxygens (including phenoxy) is 1. The highest BCUT2D eigenvalue weighted by atomic mass is 35.5. The van der Waals surface area contributed by atoms with E-state index in [1.807, 2.05) is 0 Å². The van der Waals surface area contributed by atoms with Crippen LogP contribution in [0, 0.1) is 6.92 Å². The van der Waals surface area contributed by atoms with Crippen molar-refractivity contribution in [3.05, 3.63) is 33.8 Å². The average Bonchev–Trinajstić information content (AvgIpc) is 3.00. The van der Waals surface area contributed by atoms with E-state index < -0.39 is 15.9 Å². The van der Waals surface area contributed by atoms with Gasteiger partial charge < -0.3 is 4.74 Å². The van der Waals surface area contributed by atoms with E-state index in [-0.39, 0.29) is 28.6 Å². The Morgan fingerprint density at radius 2 is 2.04 bits per heavy atom. The third-order valence-corrected chi connectivity index (χ3v) is 6.52. The van der Waals surface area contributed by atoms with Crippen LogP contribution in [0.25, 0.3) is 0 Å². The molecule has 2 heterocycles. The fraction of sp³-hybridized carbons (Fsp3) is 0.357. The fourth-order valence-electron chi connectivity index (χ4n) is 2.29. The zero-order chi connectivity index (χ0) is 18.0. The molecule has 0 saturated carbocycles. The number of morpholine rings is 1. The first-order valence-electron chi connectivity index (χ1n) is 7.37. The highest BCUT2D eigenvalue weighted by Crippen LogP contribution is 2.25. The van der Waals surface area contributed by atoms with Crippen LogP contribution in [0.15, 0.2) is 23.1 Å². The summed E-state index contributed by atoms with van der Waals surface area (Å²) in [5.41, 5.74) is 0.0591. The number of hydrogen-bond donors (Lipinski definition) is 1. The van der Waals surface area contributed by atoms with Crippen molar-refractivity contribution in [3.63, 3.8) is 0 Å². The lowest BCUT2D eigenvalue weighted by Gasteiger charge is -2.26. The number of nitrogens with zero attached hydrogens (tertiary/aromatic N) is 3. The highest BCUT2D eigenvalue weighted by molar-refractivity contribution is 7.89. The Kier molecular flexibility index (Phi) is 5.35. The van der Waals surface area contributed by atoms with Crippen LogP contribution in [-0.2, 0) is 14.8 Å². The normalized spacial score (nSPS) is 15.9. The van der Waals surface area contributed by atoms with Crippen molar-refractivity contribution in [2.24, 2.45) is 0 Å². The largest absolute Gasteiger partial charge is 0.379 e. The number of aromatic nitrogens is 2. The van der Waals surface area contributed by atoms with E-state index in [9.17, 15) is 13.2 Å². The monoisotopic (exact) mass is 402 g/mol. The molecule has 25 heavy (non-hydrogen) atoms. The maximum Gasteiger partial charge on any atom is 0.259 e. The van der Waals surface area contributed by atoms with Gasteiger partial charge in [0.25, 0.3) is 5.91 Å². The molecule has 1 fully saturated rings. The fourth-order valence-corrected chi connectivity index (χ4v) is 4.51. The van der Waals surface area contributed by atoms with Crippen molar-refractivity contribution in [2.75, 3.05) is 31.6 Å². The van der Waals surface area contributed by atoms with Crippen LogP contribution in [0.3, 0.4) is 0 Å². The van der Waals surface area contributed by atoms with Crippen molar-refractivity contribution in [3.8, 4) is 0 Å². The van der Waals surface area contributed by atoms with Crippen molar-refractivity contribution in [2.45, 2.75) is 11.8 Å². The summed E-state index contributed by atoms with van der Waals surface area (Å²) < 4.78 is 31.9. The van der Waals surface area contributed by atoms with Gasteiger partial charge in [-0.15, -0.1) is 10.2 Å². The Labute approximate surface area is 153 Å². The van der Waals surface area contributed by atoms with Gasteiger partial charge in [0.1, 0.15) is 5.01 Å². The van der Waals surface area contributed by atoms with Crippen molar-refractivity contribution >= 4 is 44.0 Å². The molecule has 0 radical (unpaired) electrons. The Bertz CT molecular complexity index is 894. The smallest absolute Gasteiger partial charge is 0.259 e. The summed E-state index contributed by atoms with van der Waals surface area (Å²) in [6.45, 7) is 3.00. The van der Waals surface area contributed by atoms with Crippen LogP contribution >= 0.6 is 22.9 Å². The third kappa shape index (κ3) is 3.98. The average molecular weight is 403 g/mol. The summed E-state index contributed by atoms with van der Waals surface area (Å²) in [7, 11) is -3.71. The molecule has 1 aromatic carbocycles. The molecule has 2 aromatic rings. The second-order valence-electron chi connectivity index (χ2n) is 5.24. The van der Waals surface area contributed by atoms with Gasteiger partial charge in [-0.3, -0.25) is 10.1 Å². The zero-order valence-corrected chi connectivity index (χ0v) is 15.6. The predicted octanol–water partition coefficient (Wildman–Crippen LogP) is 1.77. The third-order valence-electron chi connectivity index (χ3n) is 3.54. The van der Waals surface area contributed by atoms with Crippen molar-refractivity contribution in [1.29, 1.82) is 0 Å². The first-order valence-corrected chi connectivity index (χ1v) is 10.0. The maximum atomic E-state index is 12.7. The second kappa shape index (κ2) is 7.34. The second-order valence-corrected chi connectivity index (χ2v) is 8.77. The number of carbonyl (C=O) groups excluding carboxylic acids is 1. The van der Waals surface area contributed by atoms with Crippen LogP contribution < -0.4 is 5.32 Å². The number of carbonyl (C=O) groups is 1. The lowest BCUT2D eigenvalue weighted by atomic mass is 10.2. The van der Waals surface area contributed by atoms with Gasteiger partial charge in [-0.2, -0.15) is 4.31 Å². The van der Waals surface area contributed by atoms with Gasteiger partial charge >= 0.3 is 0 Å². The number of sulfonamides is 1. The van der Waals surface area contributed by atoms with Crippen LogP contribution in [0.5, 0.6) is 0 Å². The first-order chi connectivity index (χ1) is 11.9.